The quantitative estimate of drug-likeness (QED) is 0.0128. The molecule has 5 aliphatic heterocycles. The van der Waals surface area contributed by atoms with E-state index in [0.717, 1.165) is 83.3 Å². The third-order valence-corrected chi connectivity index (χ3v) is 56.2. The summed E-state index contributed by atoms with van der Waals surface area (Å²) in [7, 11) is -21.5. The van der Waals surface area contributed by atoms with E-state index >= 15 is 0 Å². The Kier molecular flexibility index (Phi) is 50.3. The summed E-state index contributed by atoms with van der Waals surface area (Å²) in [6.45, 7) is 59.2. The maximum Gasteiger partial charge on any atom is 0.488 e. The SMILES string of the molecule is CC(C)(C)OC(=O)Nc1cccc(-c2ccc(S(=O)(=O)N3CCC[C@@H]3CO[Si](C)(C)C(C)(C)C)cc2)n1.CC(C)(C)OC(=O)Nc1cccc(Br)n1.CC(C)(C)[Si](C)(C)Cl.CC(C)(C)[Si](C)(C)OC[C@H]1CCCN1S(=O)(=O)c1ccc(B(O)O)cc1.CC(C)(C)[Si](C)(C)OC[C@H]1CCCN1S(=O)(=O)c1ccc(Br)cc1.O=S(=O)(Cl)c1ccc(Br)cc1.O=S(=O)(c1ccc(Br)cc1)N1CCC[C@@H]1CO.OC[C@H]1CCCN1. The summed E-state index contributed by atoms with van der Waals surface area (Å²) in [5, 5.41) is 45.0. The van der Waals surface area contributed by atoms with Gasteiger partial charge in [-0.15, -0.1) is 0 Å². The number of carbonyl (C=O) groups is 2. The first-order valence-electron chi connectivity index (χ1n) is 48.4. The normalized spacial score (nSPS) is 18.3. The van der Waals surface area contributed by atoms with E-state index < -0.39 is 112 Å². The zero-order chi connectivity index (χ0) is 110. The number of anilines is 2. The van der Waals surface area contributed by atoms with Gasteiger partial charge >= 0.3 is 19.3 Å². The molecule has 0 spiro atoms. The van der Waals surface area contributed by atoms with Gasteiger partial charge in [0.05, 0.1) is 63.2 Å². The molecule has 0 saturated carbocycles. The van der Waals surface area contributed by atoms with Crippen molar-refractivity contribution in [3.05, 3.63) is 176 Å². The molecule has 145 heavy (non-hydrogen) atoms. The minimum Gasteiger partial charge on any atom is -0.444 e. The molecular formula is C99H156BBr4Cl2N9O21S5Si4. The molecule has 5 atom stereocenters. The number of carbonyl (C=O) groups excluding carboxylic acids is 2. The second kappa shape index (κ2) is 55.6. The van der Waals surface area contributed by atoms with Crippen molar-refractivity contribution in [2.24, 2.45) is 0 Å². The minimum absolute atomic E-state index is 0.0622. The second-order valence-corrected chi connectivity index (χ2v) is 79.4. The number of aliphatic hydroxyl groups excluding tert-OH is 2. The number of aromatic nitrogens is 2. The third-order valence-electron chi connectivity index (χ3n) is 26.2. The van der Waals surface area contributed by atoms with Crippen molar-refractivity contribution in [2.45, 2.75) is 327 Å². The van der Waals surface area contributed by atoms with Gasteiger partial charge in [0.2, 0.25) is 40.1 Å². The number of rotatable bonds is 24. The van der Waals surface area contributed by atoms with Gasteiger partial charge in [0.15, 0.2) is 32.3 Å². The zero-order valence-electron chi connectivity index (χ0n) is 88.8. The van der Waals surface area contributed by atoms with E-state index in [4.69, 9.17) is 59.7 Å². The largest absolute Gasteiger partial charge is 0.488 e. The maximum absolute atomic E-state index is 13.5. The highest BCUT2D eigenvalue weighted by molar-refractivity contribution is 9.11. The van der Waals surface area contributed by atoms with Gasteiger partial charge in [-0.05, 0) is 314 Å². The monoisotopic (exact) mass is 2480 g/mol. The van der Waals surface area contributed by atoms with Crippen LogP contribution in [0.2, 0.25) is 72.5 Å². The van der Waals surface area contributed by atoms with Gasteiger partial charge in [-0.3, -0.25) is 10.6 Å². The van der Waals surface area contributed by atoms with Crippen molar-refractivity contribution in [3.8, 4) is 11.3 Å². The topological polar surface area (TPSA) is 407 Å². The summed E-state index contributed by atoms with van der Waals surface area (Å²) >= 11 is 19.2. The molecule has 12 rings (SSSR count). The van der Waals surface area contributed by atoms with E-state index in [0.29, 0.717) is 90.5 Å². The van der Waals surface area contributed by atoms with Gasteiger partial charge < -0.3 is 48.3 Å². The standard InChI is InChI=1S/C27H41N3O5SSi.C17H30BNO5SSi.C17H28BrNO3SSi.C11H14BrNO3S.C10H13BrN2O2.C6H4BrClO2S.C6H15ClSi.C5H11NO/c1-26(2,3)35-25(31)29-24-13-9-12-23(28-24)20-14-16-22(17-15-20)36(32,33)30-18-10-11-21(30)19-34-37(7,8)27(4,5)6;1-17(2,3)26(4,5)24-13-15-7-6-12-19(15)25(22,23)16-10-8-14(9-11-16)18(20)21;1-17(2,3)24(4,5)22-13-15-7-6-12-19(15)23(20,21)16-10-8-14(18)9-11-16;12-9-3-5-11(6-4-9)17(15,16)13-7-1-2-10(13)8-14;1-10(2,3)15-9(14)13-8-6-4-5-7(11)12-8;7-5-1-3-6(4-2-5)11(8,9)10;1-6(2,3)8(4,5)7;7-4-5-2-1-3-6-5/h9,12-17,21H,10-11,18-19H2,1-8H3,(H,28,29,31);8-11,15,20-21H,6-7,12-13H2,1-5H3;8-11,15H,6-7,12-13H2,1-5H3;3-6,10,14H,1-2,7-8H2;4-6H,1-3H3,(H,12,13,14);1-4H;1-5H3;5-7H,1-4H2/t21-;2*15-;10-;;;;5-/m1111...1/s1. The van der Waals surface area contributed by atoms with Crippen LogP contribution in [-0.4, -0.2) is 248 Å². The van der Waals surface area contributed by atoms with Crippen LogP contribution in [0.15, 0.2) is 200 Å². The Bertz CT molecular complexity index is 5860. The summed E-state index contributed by atoms with van der Waals surface area (Å²) in [4.78, 5) is 33.1. The molecule has 7 N–H and O–H groups in total. The van der Waals surface area contributed by atoms with Crippen LogP contribution in [0.1, 0.15) is 189 Å². The van der Waals surface area contributed by atoms with Crippen molar-refractivity contribution in [3.63, 3.8) is 0 Å². The molecule has 46 heteroatoms. The fourth-order valence-corrected chi connectivity index (χ4v) is 25.3. The van der Waals surface area contributed by atoms with Crippen molar-refractivity contribution in [1.82, 2.24) is 32.5 Å². The van der Waals surface area contributed by atoms with Crippen molar-refractivity contribution >= 4 is 203 Å². The highest BCUT2D eigenvalue weighted by atomic mass is 79.9. The Morgan fingerprint density at radius 3 is 0.979 bits per heavy atom. The summed E-state index contributed by atoms with van der Waals surface area (Å²) in [5.74, 6) is 0.809. The van der Waals surface area contributed by atoms with Crippen LogP contribution in [0, 0.1) is 0 Å². The number of halogens is 6. The first-order chi connectivity index (χ1) is 66.4. The molecule has 0 radical (unpaired) electrons. The number of ether oxygens (including phenoxy) is 2. The maximum atomic E-state index is 13.5. The smallest absolute Gasteiger partial charge is 0.444 e. The van der Waals surface area contributed by atoms with Crippen LogP contribution < -0.4 is 21.4 Å². The number of nitrogens with zero attached hydrogens (tertiary/aromatic N) is 6. The van der Waals surface area contributed by atoms with Crippen LogP contribution in [0.5, 0.6) is 0 Å². The van der Waals surface area contributed by atoms with Gasteiger partial charge in [-0.1, -0.05) is 180 Å². The Morgan fingerprint density at radius 1 is 0.414 bits per heavy atom. The highest BCUT2D eigenvalue weighted by Crippen LogP contribution is 2.43. The van der Waals surface area contributed by atoms with Crippen LogP contribution >= 0.6 is 85.5 Å². The predicted molar refractivity (Wildman–Crippen MR) is 608 cm³/mol. The molecule has 0 unspecified atom stereocenters. The van der Waals surface area contributed by atoms with Gasteiger partial charge in [0.1, 0.15) is 27.4 Å². The molecule has 5 saturated heterocycles. The van der Waals surface area contributed by atoms with E-state index in [1.54, 1.807) is 171 Å². The second-order valence-electron chi connectivity index (χ2n) is 44.0. The summed E-state index contributed by atoms with van der Waals surface area (Å²) < 4.78 is 164. The highest BCUT2D eigenvalue weighted by Gasteiger charge is 2.46. The number of nitrogens with one attached hydrogen (secondary N) is 3. The number of pyridine rings is 2. The first-order valence-corrected chi connectivity index (χ1v) is 72.4. The molecular weight excluding hydrogens is 2330 g/mol. The van der Waals surface area contributed by atoms with Gasteiger partial charge in [-0.2, -0.15) is 28.3 Å². The predicted octanol–water partition coefficient (Wildman–Crippen LogP) is 22.6. The number of aliphatic hydroxyl groups is 2. The molecule has 5 aliphatic rings. The van der Waals surface area contributed by atoms with Crippen LogP contribution in [0.25, 0.3) is 11.3 Å². The lowest BCUT2D eigenvalue weighted by Gasteiger charge is -2.37. The average Bonchev–Trinajstić information content (AvgIpc) is 1.70. The van der Waals surface area contributed by atoms with Gasteiger partial charge in [0.25, 0.3) is 9.05 Å². The lowest BCUT2D eigenvalue weighted by Crippen LogP contribution is -2.45. The van der Waals surface area contributed by atoms with Gasteiger partial charge in [0, 0.05) is 86.1 Å². The third kappa shape index (κ3) is 42.1. The molecule has 30 nitrogen and oxygen atoms in total. The molecule has 0 bridgehead atoms. The lowest BCUT2D eigenvalue weighted by atomic mass is 9.81. The van der Waals surface area contributed by atoms with Crippen molar-refractivity contribution < 1.29 is 94.7 Å². The Balaban J connectivity index is 0.000000307. The summed E-state index contributed by atoms with van der Waals surface area (Å²) in [6.07, 6.45) is 7.81. The molecule has 7 aromatic rings. The molecule has 2 aromatic heterocycles. The summed E-state index contributed by atoms with van der Waals surface area (Å²) in [5.41, 5.74) is 0.498. The van der Waals surface area contributed by atoms with E-state index in [-0.39, 0.29) is 70.9 Å². The minimum atomic E-state index is -3.66. The van der Waals surface area contributed by atoms with E-state index in [1.807, 2.05) is 0 Å². The molecule has 814 valence electrons. The number of benzene rings is 5. The van der Waals surface area contributed by atoms with E-state index in [2.05, 4.69) is 225 Å². The van der Waals surface area contributed by atoms with E-state index in [9.17, 15) is 56.8 Å². The number of hydrogen-bond acceptors (Lipinski definition) is 24. The van der Waals surface area contributed by atoms with Crippen molar-refractivity contribution in [1.29, 1.82) is 0 Å². The Hall–Kier alpha value is -4.36. The van der Waals surface area contributed by atoms with Gasteiger partial charge in [-0.25, -0.2) is 61.6 Å². The number of hydrogen-bond donors (Lipinski definition) is 7. The average molecular weight is 2480 g/mol. The molecule has 7 heterocycles. The zero-order valence-corrected chi connectivity index (χ0v) is 105. The molecule has 2 amide bonds. The Labute approximate surface area is 912 Å². The number of sulfonamides is 4. The molecule has 5 fully saturated rings. The fraction of sp³-hybridized carbons (Fsp3) is 0.576. The number of amides is 2. The fourth-order valence-electron chi connectivity index (χ4n) is 13.6. The first kappa shape index (κ1) is 131. The van der Waals surface area contributed by atoms with Crippen molar-refractivity contribution in [2.75, 3.05) is 76.4 Å². The van der Waals surface area contributed by atoms with E-state index in [1.165, 1.54) is 51.4 Å². The summed E-state index contributed by atoms with van der Waals surface area (Å²) in [6, 6.07) is 42.2. The molecule has 5 aromatic carbocycles. The van der Waals surface area contributed by atoms with Crippen LogP contribution in [-0.2, 0) is 71.9 Å². The van der Waals surface area contributed by atoms with Crippen LogP contribution in [0.4, 0.5) is 21.2 Å². The molecule has 0 aliphatic carbocycles. The van der Waals surface area contributed by atoms with Crippen LogP contribution in [0.3, 0.4) is 0 Å². The Morgan fingerprint density at radius 2 is 0.710 bits per heavy atom. The lowest BCUT2D eigenvalue weighted by molar-refractivity contribution is 0.0624.